The Morgan fingerprint density at radius 1 is 1.14 bits per heavy atom. The van der Waals surface area contributed by atoms with Gasteiger partial charge in [0.25, 0.3) is 0 Å². The summed E-state index contributed by atoms with van der Waals surface area (Å²) in [7, 11) is 1.63. The molecule has 0 aliphatic heterocycles. The lowest BCUT2D eigenvalue weighted by molar-refractivity contribution is -0.128. The lowest BCUT2D eigenvalue weighted by atomic mass is 9.50. The summed E-state index contributed by atoms with van der Waals surface area (Å²) in [6.45, 7) is 6.37. The number of carbonyl (C=O) groups is 2. The molecule has 0 aromatic heterocycles. The number of Topliss-reactive ketones (excluding diaryl/α,β-unsaturated/α-hetero) is 2. The van der Waals surface area contributed by atoms with Gasteiger partial charge in [0.1, 0.15) is 5.75 Å². The summed E-state index contributed by atoms with van der Waals surface area (Å²) in [4.78, 5) is 25.2. The first-order valence-corrected chi connectivity index (χ1v) is 7.58. The quantitative estimate of drug-likeness (QED) is 0.742. The van der Waals surface area contributed by atoms with Crippen LogP contribution in [0.1, 0.15) is 56.0 Å². The molecule has 0 saturated heterocycles. The topological polar surface area (TPSA) is 43.4 Å². The molecule has 2 aliphatic rings. The summed E-state index contributed by atoms with van der Waals surface area (Å²) in [5.41, 5.74) is 1.15. The van der Waals surface area contributed by atoms with Crippen molar-refractivity contribution in [1.29, 1.82) is 0 Å². The zero-order valence-electron chi connectivity index (χ0n) is 13.2. The highest BCUT2D eigenvalue weighted by Gasteiger charge is 2.56. The maximum absolute atomic E-state index is 12.7. The van der Waals surface area contributed by atoms with Crippen molar-refractivity contribution in [3.05, 3.63) is 29.3 Å². The highest BCUT2D eigenvalue weighted by Crippen LogP contribution is 2.56. The van der Waals surface area contributed by atoms with Gasteiger partial charge in [0, 0.05) is 16.9 Å². The maximum Gasteiger partial charge on any atom is 0.229 e. The second-order valence-electron chi connectivity index (χ2n) is 7.30. The van der Waals surface area contributed by atoms with Gasteiger partial charge in [0.05, 0.1) is 7.11 Å². The highest BCUT2D eigenvalue weighted by atomic mass is 16.5. The zero-order valence-corrected chi connectivity index (χ0v) is 13.2. The standard InChI is InChI=1S/C18H22O3/c1-17(2)8-5-9-18(3)13-10-11(21-4)6-7-12(13)14(19)15(20)16(17)18/h6-7,10,16H,5,8-9H2,1-4H3. The third-order valence-electron chi connectivity index (χ3n) is 5.51. The number of hydrogen-bond donors (Lipinski definition) is 0. The Bertz CT molecular complexity index is 629. The third-order valence-corrected chi connectivity index (χ3v) is 5.51. The fourth-order valence-electron chi connectivity index (χ4n) is 4.58. The largest absolute Gasteiger partial charge is 0.497 e. The number of fused-ring (bicyclic) bond motifs is 3. The van der Waals surface area contributed by atoms with E-state index in [1.165, 1.54) is 0 Å². The Labute approximate surface area is 125 Å². The fourth-order valence-corrected chi connectivity index (χ4v) is 4.58. The van der Waals surface area contributed by atoms with Crippen LogP contribution in [0.3, 0.4) is 0 Å². The van der Waals surface area contributed by atoms with Gasteiger partial charge in [-0.3, -0.25) is 9.59 Å². The fraction of sp³-hybridized carbons (Fsp3) is 0.556. The van der Waals surface area contributed by atoms with E-state index in [1.807, 2.05) is 6.07 Å². The summed E-state index contributed by atoms with van der Waals surface area (Å²) >= 11 is 0. The van der Waals surface area contributed by atoms with Crippen LogP contribution < -0.4 is 4.74 Å². The average Bonchev–Trinajstić information content (AvgIpc) is 2.43. The van der Waals surface area contributed by atoms with E-state index in [1.54, 1.807) is 19.2 Å². The van der Waals surface area contributed by atoms with Crippen LogP contribution in [0.5, 0.6) is 5.75 Å². The summed E-state index contributed by atoms with van der Waals surface area (Å²) in [6, 6.07) is 5.47. The summed E-state index contributed by atoms with van der Waals surface area (Å²) in [6.07, 6.45) is 3.02. The third kappa shape index (κ3) is 1.86. The summed E-state index contributed by atoms with van der Waals surface area (Å²) < 4.78 is 5.32. The molecule has 0 bridgehead atoms. The number of ether oxygens (including phenoxy) is 1. The van der Waals surface area contributed by atoms with Crippen LogP contribution >= 0.6 is 0 Å². The summed E-state index contributed by atoms with van der Waals surface area (Å²) in [5, 5.41) is 0. The van der Waals surface area contributed by atoms with Gasteiger partial charge in [-0.25, -0.2) is 0 Å². The molecule has 0 radical (unpaired) electrons. The minimum Gasteiger partial charge on any atom is -0.497 e. The molecule has 1 fully saturated rings. The predicted octanol–water partition coefficient (Wildman–Crippen LogP) is 3.54. The lowest BCUT2D eigenvalue weighted by Crippen LogP contribution is -2.54. The van der Waals surface area contributed by atoms with Crippen LogP contribution in [0.25, 0.3) is 0 Å². The predicted molar refractivity (Wildman–Crippen MR) is 80.8 cm³/mol. The van der Waals surface area contributed by atoms with Gasteiger partial charge in [0.15, 0.2) is 0 Å². The SMILES string of the molecule is COc1ccc2c(c1)C1(C)CCCC(C)(C)C1C(=O)C2=O. The van der Waals surface area contributed by atoms with Crippen LogP contribution in [-0.4, -0.2) is 18.7 Å². The van der Waals surface area contributed by atoms with E-state index in [0.29, 0.717) is 5.56 Å². The zero-order chi connectivity index (χ0) is 15.4. The van der Waals surface area contributed by atoms with Gasteiger partial charge in [-0.15, -0.1) is 0 Å². The van der Waals surface area contributed by atoms with Crippen LogP contribution in [-0.2, 0) is 10.2 Å². The molecule has 2 aliphatic carbocycles. The molecule has 2 atom stereocenters. The molecule has 3 nitrogen and oxygen atoms in total. The molecule has 0 spiro atoms. The molecule has 21 heavy (non-hydrogen) atoms. The summed E-state index contributed by atoms with van der Waals surface area (Å²) in [5.74, 6) is -0.0184. The highest BCUT2D eigenvalue weighted by molar-refractivity contribution is 6.46. The second kappa shape index (κ2) is 4.43. The molecule has 3 rings (SSSR count). The Kier molecular flexibility index (Phi) is 3.01. The monoisotopic (exact) mass is 286 g/mol. The molecule has 0 heterocycles. The van der Waals surface area contributed by atoms with Crippen LogP contribution in [0.2, 0.25) is 0 Å². The van der Waals surface area contributed by atoms with E-state index >= 15 is 0 Å². The molecule has 2 unspecified atom stereocenters. The van der Waals surface area contributed by atoms with Crippen molar-refractivity contribution >= 4 is 11.6 Å². The number of hydrogen-bond acceptors (Lipinski definition) is 3. The number of ketones is 2. The van der Waals surface area contributed by atoms with Crippen LogP contribution in [0.4, 0.5) is 0 Å². The Balaban J connectivity index is 2.26. The first kappa shape index (κ1) is 14.3. The van der Waals surface area contributed by atoms with Gasteiger partial charge in [-0.05, 0) is 42.0 Å². The van der Waals surface area contributed by atoms with Crippen molar-refractivity contribution in [2.45, 2.75) is 45.4 Å². The first-order valence-electron chi connectivity index (χ1n) is 7.58. The molecule has 0 amide bonds. The number of methoxy groups -OCH3 is 1. The van der Waals surface area contributed by atoms with Crippen LogP contribution in [0, 0.1) is 11.3 Å². The smallest absolute Gasteiger partial charge is 0.229 e. The van der Waals surface area contributed by atoms with Gasteiger partial charge in [0.2, 0.25) is 11.6 Å². The van der Waals surface area contributed by atoms with E-state index in [-0.39, 0.29) is 28.3 Å². The average molecular weight is 286 g/mol. The molecular weight excluding hydrogens is 264 g/mol. The molecule has 1 saturated carbocycles. The number of rotatable bonds is 1. The van der Waals surface area contributed by atoms with Gasteiger partial charge in [-0.1, -0.05) is 27.2 Å². The second-order valence-corrected chi connectivity index (χ2v) is 7.30. The van der Waals surface area contributed by atoms with E-state index in [4.69, 9.17) is 4.74 Å². The Hall–Kier alpha value is -1.64. The molecule has 0 N–H and O–H groups in total. The van der Waals surface area contributed by atoms with E-state index in [2.05, 4.69) is 20.8 Å². The molecule has 1 aromatic carbocycles. The van der Waals surface area contributed by atoms with Crippen molar-refractivity contribution in [2.75, 3.05) is 7.11 Å². The number of carbonyl (C=O) groups excluding carboxylic acids is 2. The van der Waals surface area contributed by atoms with Crippen LogP contribution in [0.15, 0.2) is 18.2 Å². The van der Waals surface area contributed by atoms with Crippen molar-refractivity contribution in [3.8, 4) is 5.75 Å². The minimum absolute atomic E-state index is 0.138. The van der Waals surface area contributed by atoms with Crippen molar-refractivity contribution in [3.63, 3.8) is 0 Å². The van der Waals surface area contributed by atoms with E-state index in [9.17, 15) is 9.59 Å². The van der Waals surface area contributed by atoms with Gasteiger partial charge < -0.3 is 4.74 Å². The van der Waals surface area contributed by atoms with E-state index < -0.39 is 0 Å². The van der Waals surface area contributed by atoms with Gasteiger partial charge >= 0.3 is 0 Å². The molecular formula is C18H22O3. The Morgan fingerprint density at radius 2 is 1.86 bits per heavy atom. The molecule has 112 valence electrons. The minimum atomic E-state index is -0.329. The lowest BCUT2D eigenvalue weighted by Gasteiger charge is -2.52. The number of benzene rings is 1. The normalized spacial score (nSPS) is 30.6. The van der Waals surface area contributed by atoms with E-state index in [0.717, 1.165) is 30.6 Å². The first-order chi connectivity index (χ1) is 9.81. The van der Waals surface area contributed by atoms with Crippen molar-refractivity contribution < 1.29 is 14.3 Å². The molecule has 3 heteroatoms. The maximum atomic E-state index is 12.7. The van der Waals surface area contributed by atoms with Crippen molar-refractivity contribution in [1.82, 2.24) is 0 Å². The molecule has 1 aromatic rings. The Morgan fingerprint density at radius 3 is 2.52 bits per heavy atom. The van der Waals surface area contributed by atoms with Crippen molar-refractivity contribution in [2.24, 2.45) is 11.3 Å². The van der Waals surface area contributed by atoms with Gasteiger partial charge in [-0.2, -0.15) is 0 Å².